The Morgan fingerprint density at radius 1 is 1.10 bits per heavy atom. The van der Waals surface area contributed by atoms with Gasteiger partial charge in [0.05, 0.1) is 15.7 Å². The summed E-state index contributed by atoms with van der Waals surface area (Å²) in [6.07, 6.45) is 1.01. The number of anilines is 1. The van der Waals surface area contributed by atoms with E-state index in [9.17, 15) is 0 Å². The van der Waals surface area contributed by atoms with E-state index in [1.54, 1.807) is 6.07 Å². The van der Waals surface area contributed by atoms with Crippen LogP contribution in [0.5, 0.6) is 0 Å². The van der Waals surface area contributed by atoms with Gasteiger partial charge in [-0.15, -0.1) is 0 Å². The molecule has 1 aromatic heterocycles. The summed E-state index contributed by atoms with van der Waals surface area (Å²) in [5.74, 6) is 1.19. The summed E-state index contributed by atoms with van der Waals surface area (Å²) < 4.78 is 0. The van der Waals surface area contributed by atoms with Crippen LogP contribution in [0.4, 0.5) is 5.82 Å². The maximum atomic E-state index is 6.30. The zero-order chi connectivity index (χ0) is 15.4. The fourth-order valence-corrected chi connectivity index (χ4v) is 2.60. The zero-order valence-electron chi connectivity index (χ0n) is 12.6. The molecule has 4 heteroatoms. The van der Waals surface area contributed by atoms with E-state index < -0.39 is 0 Å². The van der Waals surface area contributed by atoms with Gasteiger partial charge in [-0.05, 0) is 24.0 Å². The van der Waals surface area contributed by atoms with Crippen LogP contribution in [-0.4, -0.2) is 11.5 Å². The van der Waals surface area contributed by atoms with Crippen molar-refractivity contribution in [3.63, 3.8) is 0 Å². The summed E-state index contributed by atoms with van der Waals surface area (Å²) in [6, 6.07) is 10.1. The summed E-state index contributed by atoms with van der Waals surface area (Å²) in [5.41, 5.74) is 3.06. The van der Waals surface area contributed by atoms with Crippen molar-refractivity contribution in [2.75, 3.05) is 11.9 Å². The highest BCUT2D eigenvalue weighted by Gasteiger charge is 2.11. The number of hydrogen-bond acceptors (Lipinski definition) is 2. The molecule has 2 nitrogen and oxygen atoms in total. The van der Waals surface area contributed by atoms with E-state index in [4.69, 9.17) is 23.2 Å². The minimum atomic E-state index is 0.509. The molecule has 1 heterocycles. The lowest BCUT2D eigenvalue weighted by atomic mass is 10.0. The van der Waals surface area contributed by atoms with Crippen molar-refractivity contribution < 1.29 is 0 Å². The normalized spacial score (nSPS) is 11.0. The molecule has 0 amide bonds. The Labute approximate surface area is 136 Å². The van der Waals surface area contributed by atoms with E-state index in [2.05, 4.69) is 55.3 Å². The van der Waals surface area contributed by atoms with E-state index in [1.165, 1.54) is 5.56 Å². The Morgan fingerprint density at radius 3 is 2.33 bits per heavy atom. The summed E-state index contributed by atoms with van der Waals surface area (Å²) in [6.45, 7) is 7.28. The van der Waals surface area contributed by atoms with Gasteiger partial charge in [-0.3, -0.25) is 0 Å². The molecular formula is C17H20Cl2N2. The third-order valence-corrected chi connectivity index (χ3v) is 3.90. The highest BCUT2D eigenvalue weighted by molar-refractivity contribution is 6.37. The minimum Gasteiger partial charge on any atom is -0.369 e. The molecule has 21 heavy (non-hydrogen) atoms. The molecule has 0 saturated heterocycles. The second-order valence-corrected chi connectivity index (χ2v) is 6.17. The molecule has 2 rings (SSSR count). The molecule has 0 aliphatic rings. The molecule has 0 fully saturated rings. The van der Waals surface area contributed by atoms with Crippen molar-refractivity contribution in [2.24, 2.45) is 0 Å². The quantitative estimate of drug-likeness (QED) is 0.730. The number of halogens is 2. The fourth-order valence-electron chi connectivity index (χ4n) is 2.06. The van der Waals surface area contributed by atoms with Crippen LogP contribution >= 0.6 is 23.2 Å². The molecule has 112 valence electrons. The number of nitrogens with one attached hydrogen (secondary N) is 1. The van der Waals surface area contributed by atoms with E-state index in [1.807, 2.05) is 0 Å². The highest BCUT2D eigenvalue weighted by atomic mass is 35.5. The van der Waals surface area contributed by atoms with Gasteiger partial charge in [-0.2, -0.15) is 0 Å². The first-order valence-corrected chi connectivity index (χ1v) is 7.98. The van der Waals surface area contributed by atoms with Gasteiger partial charge in [-0.25, -0.2) is 4.98 Å². The predicted octanol–water partition coefficient (Wildman–Crippen LogP) is 6.00. The maximum absolute atomic E-state index is 6.30. The van der Waals surface area contributed by atoms with Gasteiger partial charge in [0, 0.05) is 12.1 Å². The summed E-state index contributed by atoms with van der Waals surface area (Å²) in [4.78, 5) is 4.58. The molecule has 2 aromatic rings. The molecular weight excluding hydrogens is 303 g/mol. The lowest BCUT2D eigenvalue weighted by Gasteiger charge is -2.12. The van der Waals surface area contributed by atoms with Gasteiger partial charge < -0.3 is 5.32 Å². The molecule has 0 bridgehead atoms. The predicted molar refractivity (Wildman–Crippen MR) is 92.6 cm³/mol. The van der Waals surface area contributed by atoms with E-state index in [0.717, 1.165) is 24.2 Å². The Hall–Kier alpha value is -1.25. The van der Waals surface area contributed by atoms with Gasteiger partial charge >= 0.3 is 0 Å². The standard InChI is InChI=1S/C17H20Cl2N2/c1-4-9-20-17-15(19)10-14(18)16(21-17)13-7-5-12(6-8-13)11(2)3/h5-8,10-11H,4,9H2,1-3H3,(H,20,21). The van der Waals surface area contributed by atoms with Crippen LogP contribution < -0.4 is 5.32 Å². The highest BCUT2D eigenvalue weighted by Crippen LogP contribution is 2.33. The van der Waals surface area contributed by atoms with Crippen molar-refractivity contribution >= 4 is 29.0 Å². The Bertz CT molecular complexity index is 607. The van der Waals surface area contributed by atoms with E-state index in [-0.39, 0.29) is 0 Å². The van der Waals surface area contributed by atoms with Gasteiger partial charge in [0.25, 0.3) is 0 Å². The molecule has 0 atom stereocenters. The lowest BCUT2D eigenvalue weighted by Crippen LogP contribution is -2.03. The first kappa shape index (κ1) is 16.1. The first-order chi connectivity index (χ1) is 10.0. The Balaban J connectivity index is 2.38. The van der Waals surface area contributed by atoms with Crippen molar-refractivity contribution in [1.29, 1.82) is 0 Å². The Kier molecular flexibility index (Phi) is 5.49. The topological polar surface area (TPSA) is 24.9 Å². The fraction of sp³-hybridized carbons (Fsp3) is 0.353. The number of hydrogen-bond donors (Lipinski definition) is 1. The smallest absolute Gasteiger partial charge is 0.145 e. The summed E-state index contributed by atoms with van der Waals surface area (Å²) in [7, 11) is 0. The van der Waals surface area contributed by atoms with Gasteiger partial charge in [0.2, 0.25) is 0 Å². The number of aromatic nitrogens is 1. The molecule has 0 unspecified atom stereocenters. The van der Waals surface area contributed by atoms with E-state index in [0.29, 0.717) is 21.8 Å². The number of benzene rings is 1. The van der Waals surface area contributed by atoms with Gasteiger partial charge in [0.1, 0.15) is 5.82 Å². The van der Waals surface area contributed by atoms with Gasteiger partial charge in [-0.1, -0.05) is 68.2 Å². The first-order valence-electron chi connectivity index (χ1n) is 7.23. The van der Waals surface area contributed by atoms with Crippen LogP contribution in [0.25, 0.3) is 11.3 Å². The monoisotopic (exact) mass is 322 g/mol. The second-order valence-electron chi connectivity index (χ2n) is 5.35. The summed E-state index contributed by atoms with van der Waals surface area (Å²) >= 11 is 12.5. The van der Waals surface area contributed by atoms with Crippen LogP contribution in [0, 0.1) is 0 Å². The summed E-state index contributed by atoms with van der Waals surface area (Å²) in [5, 5.41) is 4.35. The molecule has 0 aliphatic heterocycles. The lowest BCUT2D eigenvalue weighted by molar-refractivity contribution is 0.867. The molecule has 0 aliphatic carbocycles. The van der Waals surface area contributed by atoms with Crippen molar-refractivity contribution in [1.82, 2.24) is 4.98 Å². The zero-order valence-corrected chi connectivity index (χ0v) is 14.1. The molecule has 1 aromatic carbocycles. The third-order valence-electron chi connectivity index (χ3n) is 3.32. The third kappa shape index (κ3) is 3.90. The number of pyridine rings is 1. The largest absolute Gasteiger partial charge is 0.369 e. The molecule has 0 spiro atoms. The van der Waals surface area contributed by atoms with Crippen LogP contribution in [0.3, 0.4) is 0 Å². The number of rotatable bonds is 5. The Morgan fingerprint density at radius 2 is 1.76 bits per heavy atom. The van der Waals surface area contributed by atoms with Crippen LogP contribution in [0.2, 0.25) is 10.0 Å². The SMILES string of the molecule is CCCNc1nc(-c2ccc(C(C)C)cc2)c(Cl)cc1Cl. The maximum Gasteiger partial charge on any atom is 0.145 e. The average Bonchev–Trinajstić information content (AvgIpc) is 2.46. The van der Waals surface area contributed by atoms with Crippen molar-refractivity contribution in [3.05, 3.63) is 45.9 Å². The van der Waals surface area contributed by atoms with Crippen LogP contribution in [0.1, 0.15) is 38.7 Å². The van der Waals surface area contributed by atoms with Crippen LogP contribution in [-0.2, 0) is 0 Å². The van der Waals surface area contributed by atoms with Gasteiger partial charge in [0.15, 0.2) is 0 Å². The van der Waals surface area contributed by atoms with Crippen molar-refractivity contribution in [3.8, 4) is 11.3 Å². The molecule has 0 radical (unpaired) electrons. The van der Waals surface area contributed by atoms with Crippen molar-refractivity contribution in [2.45, 2.75) is 33.1 Å². The molecule has 0 saturated carbocycles. The van der Waals surface area contributed by atoms with Crippen LogP contribution in [0.15, 0.2) is 30.3 Å². The minimum absolute atomic E-state index is 0.509. The average molecular weight is 323 g/mol. The second kappa shape index (κ2) is 7.15. The van der Waals surface area contributed by atoms with E-state index >= 15 is 0 Å². The molecule has 1 N–H and O–H groups in total. The number of nitrogens with zero attached hydrogens (tertiary/aromatic N) is 1.